The fraction of sp³-hybridized carbons (Fsp3) is 0.455. The Balaban J connectivity index is 1.64. The van der Waals surface area contributed by atoms with Crippen LogP contribution in [0.4, 0.5) is 11.6 Å². The number of rotatable bonds is 4. The van der Waals surface area contributed by atoms with E-state index in [1.165, 1.54) is 14.6 Å². The number of piperidine rings is 1. The average molecular weight is 409 g/mol. The topological polar surface area (TPSA) is 84.5 Å². The number of nitrogens with zero attached hydrogens (tertiary/aromatic N) is 5. The van der Waals surface area contributed by atoms with Crippen LogP contribution in [0.2, 0.25) is 0 Å². The molecule has 1 fully saturated rings. The fourth-order valence-electron chi connectivity index (χ4n) is 3.77. The number of hydrogen-bond donors (Lipinski definition) is 1. The second-order valence-corrected chi connectivity index (χ2v) is 8.34. The van der Waals surface area contributed by atoms with Crippen molar-refractivity contribution in [3.05, 3.63) is 51.6 Å². The highest BCUT2D eigenvalue weighted by Gasteiger charge is 2.22. The van der Waals surface area contributed by atoms with Crippen molar-refractivity contribution in [3.8, 4) is 0 Å². The van der Waals surface area contributed by atoms with Gasteiger partial charge in [0.25, 0.3) is 0 Å². The predicted octanol–water partition coefficient (Wildman–Crippen LogP) is 2.82. The van der Waals surface area contributed by atoms with E-state index >= 15 is 0 Å². The van der Waals surface area contributed by atoms with Gasteiger partial charge in [0.2, 0.25) is 11.9 Å². The highest BCUT2D eigenvalue weighted by Crippen LogP contribution is 2.19. The van der Waals surface area contributed by atoms with E-state index in [0.717, 1.165) is 42.9 Å². The number of nitrogens with one attached hydrogen (secondary N) is 1. The fourth-order valence-corrected chi connectivity index (χ4v) is 3.77. The lowest BCUT2D eigenvalue weighted by Crippen LogP contribution is -2.41. The third-order valence-electron chi connectivity index (χ3n) is 5.88. The summed E-state index contributed by atoms with van der Waals surface area (Å²) in [4.78, 5) is 32.1. The number of hydrogen-bond acceptors (Lipinski definition) is 5. The molecule has 8 heteroatoms. The Bertz CT molecular complexity index is 1150. The van der Waals surface area contributed by atoms with Gasteiger partial charge in [-0.2, -0.15) is 0 Å². The van der Waals surface area contributed by atoms with Crippen LogP contribution in [0, 0.1) is 26.7 Å². The van der Waals surface area contributed by atoms with Crippen molar-refractivity contribution in [1.29, 1.82) is 0 Å². The van der Waals surface area contributed by atoms with Crippen LogP contribution in [0.15, 0.2) is 29.1 Å². The molecule has 2 aromatic heterocycles. The minimum absolute atomic E-state index is 0.0585. The summed E-state index contributed by atoms with van der Waals surface area (Å²) in [5, 5.41) is 7.63. The van der Waals surface area contributed by atoms with Crippen molar-refractivity contribution in [2.75, 3.05) is 18.4 Å². The summed E-state index contributed by atoms with van der Waals surface area (Å²) >= 11 is 0. The number of carbonyl (C=O) groups excluding carboxylic acids is 1. The maximum absolute atomic E-state index is 13.1. The van der Waals surface area contributed by atoms with E-state index in [1.54, 1.807) is 6.07 Å². The quantitative estimate of drug-likeness (QED) is 0.718. The lowest BCUT2D eigenvalue weighted by Gasteiger charge is -2.30. The summed E-state index contributed by atoms with van der Waals surface area (Å²) in [6, 6.07) is 7.74. The van der Waals surface area contributed by atoms with Crippen LogP contribution in [0.1, 0.15) is 36.6 Å². The number of amides is 1. The van der Waals surface area contributed by atoms with Gasteiger partial charge in [-0.3, -0.25) is 4.79 Å². The Labute approximate surface area is 175 Å². The largest absolute Gasteiger partial charge is 0.353 e. The van der Waals surface area contributed by atoms with Crippen molar-refractivity contribution in [1.82, 2.24) is 24.1 Å². The summed E-state index contributed by atoms with van der Waals surface area (Å²) < 4.78 is 2.66. The van der Waals surface area contributed by atoms with Gasteiger partial charge in [0, 0.05) is 30.5 Å². The molecule has 4 rings (SSSR count). The first-order chi connectivity index (χ1) is 14.3. The molecule has 1 aliphatic rings. The van der Waals surface area contributed by atoms with E-state index in [0.29, 0.717) is 17.5 Å². The lowest BCUT2D eigenvalue weighted by molar-refractivity contribution is -0.133. The molecule has 3 heterocycles. The number of likely N-dealkylation sites (tertiary alicyclic amines) is 1. The zero-order valence-corrected chi connectivity index (χ0v) is 18.0. The molecule has 8 nitrogen and oxygen atoms in total. The monoisotopic (exact) mass is 408 g/mol. The predicted molar refractivity (Wildman–Crippen MR) is 116 cm³/mol. The molecule has 1 N–H and O–H groups in total. The van der Waals surface area contributed by atoms with E-state index in [4.69, 9.17) is 0 Å². The molecule has 1 aromatic carbocycles. The molecular formula is C22H28N6O2. The molecule has 0 radical (unpaired) electrons. The van der Waals surface area contributed by atoms with E-state index < -0.39 is 0 Å². The zero-order chi connectivity index (χ0) is 21.4. The zero-order valence-electron chi connectivity index (χ0n) is 18.0. The van der Waals surface area contributed by atoms with Crippen molar-refractivity contribution in [3.63, 3.8) is 0 Å². The van der Waals surface area contributed by atoms with Gasteiger partial charge in [0.1, 0.15) is 6.54 Å². The van der Waals surface area contributed by atoms with E-state index in [2.05, 4.69) is 29.2 Å². The lowest BCUT2D eigenvalue weighted by atomic mass is 9.99. The Morgan fingerprint density at radius 1 is 1.13 bits per heavy atom. The molecule has 0 saturated carbocycles. The van der Waals surface area contributed by atoms with Crippen LogP contribution < -0.4 is 11.0 Å². The minimum atomic E-state index is -0.373. The Hall–Kier alpha value is -3.16. The molecule has 0 spiro atoms. The SMILES string of the molecule is Cc1cc2nn(CC(=O)N3CCC(C)CC3)c(=O)n2c(Nc2ccc(C)c(C)c2)n1. The first-order valence-corrected chi connectivity index (χ1v) is 10.4. The highest BCUT2D eigenvalue weighted by molar-refractivity contribution is 5.76. The van der Waals surface area contributed by atoms with Crippen LogP contribution in [0.25, 0.3) is 5.65 Å². The van der Waals surface area contributed by atoms with Gasteiger partial charge in [-0.15, -0.1) is 5.10 Å². The summed E-state index contributed by atoms with van der Waals surface area (Å²) in [5.74, 6) is 0.963. The summed E-state index contributed by atoms with van der Waals surface area (Å²) in [5.41, 5.74) is 4.02. The molecule has 0 atom stereocenters. The molecule has 30 heavy (non-hydrogen) atoms. The molecule has 0 aliphatic carbocycles. The number of aryl methyl sites for hydroxylation is 3. The smallest absolute Gasteiger partial charge is 0.341 e. The van der Waals surface area contributed by atoms with Gasteiger partial charge in [0.05, 0.1) is 0 Å². The van der Waals surface area contributed by atoms with Crippen LogP contribution in [0.5, 0.6) is 0 Å². The highest BCUT2D eigenvalue weighted by atomic mass is 16.2. The van der Waals surface area contributed by atoms with Crippen LogP contribution in [-0.2, 0) is 11.3 Å². The van der Waals surface area contributed by atoms with Gasteiger partial charge >= 0.3 is 5.69 Å². The van der Waals surface area contributed by atoms with Crippen molar-refractivity contribution >= 4 is 23.2 Å². The van der Waals surface area contributed by atoms with Crippen LogP contribution in [-0.4, -0.2) is 43.1 Å². The van der Waals surface area contributed by atoms with Gasteiger partial charge in [-0.05, 0) is 62.8 Å². The standard InChI is InChI=1S/C22H28N6O2/c1-14-7-9-26(10-8-14)20(29)13-27-22(30)28-19(25-27)12-17(4)23-21(28)24-18-6-5-15(2)16(3)11-18/h5-6,11-12,14H,7-10,13H2,1-4H3,(H,23,24). The molecular weight excluding hydrogens is 380 g/mol. The molecule has 1 aliphatic heterocycles. The maximum Gasteiger partial charge on any atom is 0.353 e. The third-order valence-corrected chi connectivity index (χ3v) is 5.88. The second kappa shape index (κ2) is 7.93. The first kappa shape index (κ1) is 20.1. The van der Waals surface area contributed by atoms with Gasteiger partial charge in [-0.25, -0.2) is 18.9 Å². The molecule has 158 valence electrons. The van der Waals surface area contributed by atoms with Crippen molar-refractivity contribution < 1.29 is 4.79 Å². The summed E-state index contributed by atoms with van der Waals surface area (Å²) in [6.07, 6.45) is 2.00. The normalized spacial score (nSPS) is 15.0. The van der Waals surface area contributed by atoms with E-state index in [-0.39, 0.29) is 18.1 Å². The van der Waals surface area contributed by atoms with E-state index in [9.17, 15) is 9.59 Å². The summed E-state index contributed by atoms with van der Waals surface area (Å²) in [6.45, 7) is 9.57. The number of anilines is 2. The Morgan fingerprint density at radius 3 is 2.57 bits per heavy atom. The maximum atomic E-state index is 13.1. The van der Waals surface area contributed by atoms with Gasteiger partial charge in [0.15, 0.2) is 5.65 Å². The van der Waals surface area contributed by atoms with E-state index in [1.807, 2.05) is 36.9 Å². The van der Waals surface area contributed by atoms with Crippen molar-refractivity contribution in [2.24, 2.45) is 5.92 Å². The number of aromatic nitrogens is 4. The first-order valence-electron chi connectivity index (χ1n) is 10.4. The average Bonchev–Trinajstić information content (AvgIpc) is 3.00. The summed E-state index contributed by atoms with van der Waals surface area (Å²) in [7, 11) is 0. The van der Waals surface area contributed by atoms with Crippen molar-refractivity contribution in [2.45, 2.75) is 47.1 Å². The van der Waals surface area contributed by atoms with Gasteiger partial charge < -0.3 is 10.2 Å². The molecule has 0 bridgehead atoms. The molecule has 0 unspecified atom stereocenters. The molecule has 3 aromatic rings. The second-order valence-electron chi connectivity index (χ2n) is 8.34. The minimum Gasteiger partial charge on any atom is -0.341 e. The molecule has 1 amide bonds. The number of carbonyl (C=O) groups is 1. The van der Waals surface area contributed by atoms with Crippen LogP contribution >= 0.6 is 0 Å². The third kappa shape index (κ3) is 3.94. The Morgan fingerprint density at radius 2 is 1.87 bits per heavy atom. The molecule has 1 saturated heterocycles. The number of benzene rings is 1. The van der Waals surface area contributed by atoms with Crippen LogP contribution in [0.3, 0.4) is 0 Å². The Kier molecular flexibility index (Phi) is 5.32. The van der Waals surface area contributed by atoms with Gasteiger partial charge in [-0.1, -0.05) is 13.0 Å². The number of fused-ring (bicyclic) bond motifs is 1.